The van der Waals surface area contributed by atoms with Crippen molar-refractivity contribution in [2.75, 3.05) is 5.32 Å². The summed E-state index contributed by atoms with van der Waals surface area (Å²) in [5.74, 6) is -0.991. The maximum Gasteiger partial charge on any atom is 0.338 e. The first-order valence-corrected chi connectivity index (χ1v) is 4.74. The normalized spacial score (nSPS) is 9.73. The summed E-state index contributed by atoms with van der Waals surface area (Å²) in [6.45, 7) is 3.53. The first-order chi connectivity index (χ1) is 6.93. The minimum atomic E-state index is -0.991. The number of hydrogen-bond acceptors (Lipinski definition) is 2. The van der Waals surface area contributed by atoms with Crippen LogP contribution in [0.4, 0.5) is 5.69 Å². The highest BCUT2D eigenvalue weighted by atomic mass is 32.1. The Morgan fingerprint density at radius 2 is 1.93 bits per heavy atom. The second-order valence-electron chi connectivity index (χ2n) is 3.24. The van der Waals surface area contributed by atoms with Crippen LogP contribution in [0.3, 0.4) is 0 Å². The van der Waals surface area contributed by atoms with E-state index in [4.69, 9.17) is 23.1 Å². The number of nitrogens with one attached hydrogen (secondary N) is 1. The molecule has 0 aliphatic rings. The zero-order valence-electron chi connectivity index (χ0n) is 8.50. The summed E-state index contributed by atoms with van der Waals surface area (Å²) in [5, 5.41) is 11.8. The third-order valence-corrected chi connectivity index (χ3v) is 2.19. The molecule has 4 nitrogen and oxygen atoms in total. The van der Waals surface area contributed by atoms with Crippen LogP contribution in [0.2, 0.25) is 0 Å². The van der Waals surface area contributed by atoms with Crippen molar-refractivity contribution in [3.63, 3.8) is 0 Å². The van der Waals surface area contributed by atoms with Gasteiger partial charge in [-0.1, -0.05) is 12.1 Å². The lowest BCUT2D eigenvalue weighted by molar-refractivity contribution is 0.0697. The van der Waals surface area contributed by atoms with E-state index in [1.807, 2.05) is 6.07 Å². The molecule has 1 rings (SSSR count). The van der Waals surface area contributed by atoms with E-state index in [2.05, 4.69) is 5.32 Å². The van der Waals surface area contributed by atoms with Crippen LogP contribution in [-0.2, 0) is 0 Å². The summed E-state index contributed by atoms with van der Waals surface area (Å²) in [5.41, 5.74) is 7.49. The summed E-state index contributed by atoms with van der Waals surface area (Å²) < 4.78 is 0. The van der Waals surface area contributed by atoms with Crippen molar-refractivity contribution >= 4 is 29.0 Å². The molecule has 0 saturated carbocycles. The van der Waals surface area contributed by atoms with Gasteiger partial charge >= 0.3 is 5.97 Å². The molecule has 0 unspecified atom stereocenters. The van der Waals surface area contributed by atoms with Gasteiger partial charge in [0.25, 0.3) is 0 Å². The van der Waals surface area contributed by atoms with Gasteiger partial charge in [0.15, 0.2) is 5.11 Å². The maximum absolute atomic E-state index is 11.1. The third-order valence-electron chi connectivity index (χ3n) is 2.08. The Labute approximate surface area is 93.1 Å². The molecule has 80 valence electrons. The van der Waals surface area contributed by atoms with E-state index in [1.54, 1.807) is 19.9 Å². The minimum absolute atomic E-state index is 0.0613. The molecule has 1 aromatic rings. The fraction of sp³-hybridized carbons (Fsp3) is 0.200. The first-order valence-electron chi connectivity index (χ1n) is 4.33. The Balaban J connectivity index is 3.38. The zero-order valence-corrected chi connectivity index (χ0v) is 9.31. The first kappa shape index (κ1) is 11.5. The molecule has 0 spiro atoms. The number of benzene rings is 1. The van der Waals surface area contributed by atoms with Crippen LogP contribution < -0.4 is 11.1 Å². The number of aryl methyl sites for hydroxylation is 2. The van der Waals surface area contributed by atoms with E-state index >= 15 is 0 Å². The smallest absolute Gasteiger partial charge is 0.338 e. The lowest BCUT2D eigenvalue weighted by atomic mass is 10.0. The molecule has 15 heavy (non-hydrogen) atoms. The SMILES string of the molecule is Cc1ccc(C)c(C(=O)O)c1NC(N)=S. The molecule has 0 bridgehead atoms. The average Bonchev–Trinajstić information content (AvgIpc) is 2.10. The molecule has 0 aliphatic carbocycles. The van der Waals surface area contributed by atoms with Gasteiger partial charge in [0.1, 0.15) is 0 Å². The largest absolute Gasteiger partial charge is 0.478 e. The van der Waals surface area contributed by atoms with E-state index < -0.39 is 5.97 Å². The highest BCUT2D eigenvalue weighted by Gasteiger charge is 2.15. The van der Waals surface area contributed by atoms with Crippen molar-refractivity contribution in [3.05, 3.63) is 28.8 Å². The van der Waals surface area contributed by atoms with Gasteiger partial charge in [-0.25, -0.2) is 4.79 Å². The molecule has 0 aromatic heterocycles. The van der Waals surface area contributed by atoms with Gasteiger partial charge in [-0.05, 0) is 37.2 Å². The number of anilines is 1. The van der Waals surface area contributed by atoms with Crippen LogP contribution in [0.5, 0.6) is 0 Å². The predicted octanol–water partition coefficient (Wildman–Crippen LogP) is 1.66. The average molecular weight is 224 g/mol. The lowest BCUT2D eigenvalue weighted by Crippen LogP contribution is -2.22. The standard InChI is InChI=1S/C10H12N2O2S/c1-5-3-4-6(2)8(12-10(11)15)7(5)9(13)14/h3-4H,1-2H3,(H,13,14)(H3,11,12,15). The number of nitrogens with two attached hydrogens (primary N) is 1. The van der Waals surface area contributed by atoms with Gasteiger partial charge in [-0.3, -0.25) is 0 Å². The van der Waals surface area contributed by atoms with Crippen molar-refractivity contribution in [1.82, 2.24) is 0 Å². The highest BCUT2D eigenvalue weighted by molar-refractivity contribution is 7.80. The van der Waals surface area contributed by atoms with E-state index in [9.17, 15) is 4.79 Å². The summed E-state index contributed by atoms with van der Waals surface area (Å²) in [6, 6.07) is 3.58. The van der Waals surface area contributed by atoms with Crippen LogP contribution in [-0.4, -0.2) is 16.2 Å². The molecule has 5 heteroatoms. The van der Waals surface area contributed by atoms with Gasteiger partial charge in [0.05, 0.1) is 11.3 Å². The van der Waals surface area contributed by atoms with Gasteiger partial charge in [-0.15, -0.1) is 0 Å². The summed E-state index contributed by atoms with van der Waals surface area (Å²) in [6.07, 6.45) is 0. The molecule has 0 aliphatic heterocycles. The monoisotopic (exact) mass is 224 g/mol. The topological polar surface area (TPSA) is 75.3 Å². The van der Waals surface area contributed by atoms with E-state index in [0.717, 1.165) is 5.56 Å². The predicted molar refractivity (Wildman–Crippen MR) is 63.3 cm³/mol. The Bertz CT molecular complexity index is 430. The van der Waals surface area contributed by atoms with Crippen LogP contribution in [0.25, 0.3) is 0 Å². The molecule has 0 atom stereocenters. The Morgan fingerprint density at radius 1 is 1.40 bits per heavy atom. The number of hydrogen-bond donors (Lipinski definition) is 3. The van der Waals surface area contributed by atoms with Crippen molar-refractivity contribution < 1.29 is 9.90 Å². The Hall–Kier alpha value is -1.62. The molecule has 0 saturated heterocycles. The maximum atomic E-state index is 11.1. The van der Waals surface area contributed by atoms with Gasteiger partial charge in [-0.2, -0.15) is 0 Å². The summed E-state index contributed by atoms with van der Waals surface area (Å²) in [4.78, 5) is 11.1. The third kappa shape index (κ3) is 2.44. The molecule has 0 radical (unpaired) electrons. The van der Waals surface area contributed by atoms with Crippen molar-refractivity contribution in [1.29, 1.82) is 0 Å². The number of carbonyl (C=O) groups is 1. The number of aromatic carboxylic acids is 1. The molecular weight excluding hydrogens is 212 g/mol. The lowest BCUT2D eigenvalue weighted by Gasteiger charge is -2.13. The van der Waals surface area contributed by atoms with Crippen molar-refractivity contribution in [2.24, 2.45) is 5.73 Å². The van der Waals surface area contributed by atoms with Crippen LogP contribution >= 0.6 is 12.2 Å². The minimum Gasteiger partial charge on any atom is -0.478 e. The summed E-state index contributed by atoms with van der Waals surface area (Å²) >= 11 is 4.70. The number of rotatable bonds is 2. The number of carboxylic acid groups (broad SMARTS) is 1. The van der Waals surface area contributed by atoms with Crippen LogP contribution in [0.15, 0.2) is 12.1 Å². The van der Waals surface area contributed by atoms with Gasteiger partial charge in [0, 0.05) is 0 Å². The second-order valence-corrected chi connectivity index (χ2v) is 3.68. The van der Waals surface area contributed by atoms with E-state index in [1.165, 1.54) is 0 Å². The molecular formula is C10H12N2O2S. The molecule has 0 heterocycles. The molecule has 4 N–H and O–H groups in total. The Morgan fingerprint density at radius 3 is 2.40 bits per heavy atom. The van der Waals surface area contributed by atoms with E-state index in [0.29, 0.717) is 11.3 Å². The highest BCUT2D eigenvalue weighted by Crippen LogP contribution is 2.23. The fourth-order valence-corrected chi connectivity index (χ4v) is 1.47. The van der Waals surface area contributed by atoms with Crippen molar-refractivity contribution in [3.8, 4) is 0 Å². The number of thiocarbonyl (C=S) groups is 1. The zero-order chi connectivity index (χ0) is 11.6. The molecule has 0 fully saturated rings. The second kappa shape index (κ2) is 4.27. The molecule has 0 amide bonds. The fourth-order valence-electron chi connectivity index (χ4n) is 1.37. The quantitative estimate of drug-likeness (QED) is 0.666. The number of carboxylic acids is 1. The van der Waals surface area contributed by atoms with Crippen molar-refractivity contribution in [2.45, 2.75) is 13.8 Å². The summed E-state index contributed by atoms with van der Waals surface area (Å²) in [7, 11) is 0. The van der Waals surface area contributed by atoms with Gasteiger partial charge in [0.2, 0.25) is 0 Å². The Kier molecular flexibility index (Phi) is 3.26. The molecule has 1 aromatic carbocycles. The van der Waals surface area contributed by atoms with E-state index in [-0.39, 0.29) is 10.7 Å². The van der Waals surface area contributed by atoms with Crippen LogP contribution in [0.1, 0.15) is 21.5 Å². The van der Waals surface area contributed by atoms with Crippen LogP contribution in [0, 0.1) is 13.8 Å². The van der Waals surface area contributed by atoms with Gasteiger partial charge < -0.3 is 16.2 Å².